The van der Waals surface area contributed by atoms with E-state index in [1.807, 2.05) is 0 Å². The second-order valence-corrected chi connectivity index (χ2v) is 3.82. The lowest BCUT2D eigenvalue weighted by Gasteiger charge is -2.00. The first kappa shape index (κ1) is 11.4. The van der Waals surface area contributed by atoms with Gasteiger partial charge in [-0.1, -0.05) is 0 Å². The predicted octanol–water partition coefficient (Wildman–Crippen LogP) is -0.136. The van der Waals surface area contributed by atoms with Crippen molar-refractivity contribution in [1.29, 1.82) is 0 Å². The summed E-state index contributed by atoms with van der Waals surface area (Å²) in [6.07, 6.45) is 0. The number of esters is 2. The van der Waals surface area contributed by atoms with Crippen LogP contribution in [0, 0.1) is 0 Å². The van der Waals surface area contributed by atoms with Gasteiger partial charge < -0.3 is 4.74 Å². The van der Waals surface area contributed by atoms with Crippen LogP contribution in [0.2, 0.25) is 0 Å². The molecule has 1 aromatic rings. The van der Waals surface area contributed by atoms with E-state index in [0.29, 0.717) is 0 Å². The Bertz CT molecular complexity index is 567. The van der Waals surface area contributed by atoms with Gasteiger partial charge in [-0.25, -0.2) is 18.5 Å². The minimum absolute atomic E-state index is 0.0159. The first-order chi connectivity index (χ1) is 7.99. The number of benzene rings is 1. The molecule has 88 valence electrons. The summed E-state index contributed by atoms with van der Waals surface area (Å²) < 4.78 is 24.9. The highest BCUT2D eigenvalue weighted by Crippen LogP contribution is 2.21. The number of cyclic esters (lactones) is 2. The molecule has 1 unspecified atom stereocenters. The molecule has 0 spiro atoms. The molecule has 1 aliphatic heterocycles. The number of hydrogen-bond acceptors (Lipinski definition) is 5. The number of carbonyl (C=O) groups excluding carboxylic acids is 3. The molecule has 8 heteroatoms. The van der Waals surface area contributed by atoms with Crippen molar-refractivity contribution in [3.63, 3.8) is 0 Å². The Morgan fingerprint density at radius 3 is 2.53 bits per heavy atom. The minimum atomic E-state index is -2.49. The molecule has 0 aliphatic carbocycles. The SMILES string of the molecule is O=C(NS(=O)O)c1ccc2c(c1)C(=O)OC2=O. The first-order valence-electron chi connectivity index (χ1n) is 4.31. The Labute approximate surface area is 97.2 Å². The average Bonchev–Trinajstić information content (AvgIpc) is 2.53. The highest BCUT2D eigenvalue weighted by Gasteiger charge is 2.30. The van der Waals surface area contributed by atoms with E-state index in [2.05, 4.69) is 4.74 Å². The fourth-order valence-electron chi connectivity index (χ4n) is 1.36. The highest BCUT2D eigenvalue weighted by molar-refractivity contribution is 7.77. The largest absolute Gasteiger partial charge is 0.386 e. The summed E-state index contributed by atoms with van der Waals surface area (Å²) in [5.74, 6) is -2.45. The molecule has 0 saturated heterocycles. The van der Waals surface area contributed by atoms with Crippen LogP contribution in [-0.2, 0) is 16.0 Å². The van der Waals surface area contributed by atoms with Crippen LogP contribution in [0.1, 0.15) is 31.1 Å². The van der Waals surface area contributed by atoms with Crippen molar-refractivity contribution in [1.82, 2.24) is 4.72 Å². The quantitative estimate of drug-likeness (QED) is 0.432. The molecule has 1 aromatic carbocycles. The maximum atomic E-state index is 11.3. The number of ether oxygens (including phenoxy) is 1. The predicted molar refractivity (Wildman–Crippen MR) is 54.4 cm³/mol. The van der Waals surface area contributed by atoms with Gasteiger partial charge in [0, 0.05) is 5.56 Å². The standard InChI is InChI=1S/C9H5NO6S/c11-7(10-17(14)15)4-1-2-5-6(3-4)9(13)16-8(5)12/h1-3H,(H,10,11)(H,14,15). The molecular weight excluding hydrogens is 250 g/mol. The molecule has 0 saturated carbocycles. The second kappa shape index (κ2) is 4.07. The Hall–Kier alpha value is -2.06. The van der Waals surface area contributed by atoms with E-state index in [9.17, 15) is 18.6 Å². The number of rotatable bonds is 2. The van der Waals surface area contributed by atoms with Crippen LogP contribution in [0.25, 0.3) is 0 Å². The van der Waals surface area contributed by atoms with Crippen molar-refractivity contribution >= 4 is 29.1 Å². The third-order valence-corrected chi connectivity index (χ3v) is 2.45. The van der Waals surface area contributed by atoms with E-state index in [0.717, 1.165) is 6.07 Å². The molecule has 0 fully saturated rings. The number of carbonyl (C=O) groups is 3. The summed E-state index contributed by atoms with van der Waals surface area (Å²) >= 11 is -2.49. The Morgan fingerprint density at radius 2 is 1.88 bits per heavy atom. The van der Waals surface area contributed by atoms with Crippen LogP contribution in [0.4, 0.5) is 0 Å². The molecule has 7 nitrogen and oxygen atoms in total. The van der Waals surface area contributed by atoms with Crippen molar-refractivity contribution in [2.75, 3.05) is 0 Å². The molecule has 17 heavy (non-hydrogen) atoms. The average molecular weight is 255 g/mol. The van der Waals surface area contributed by atoms with E-state index in [4.69, 9.17) is 4.55 Å². The Morgan fingerprint density at radius 1 is 1.24 bits per heavy atom. The van der Waals surface area contributed by atoms with Gasteiger partial charge in [-0.05, 0) is 18.2 Å². The molecule has 0 radical (unpaired) electrons. The molecule has 2 rings (SSSR count). The van der Waals surface area contributed by atoms with E-state index in [1.54, 1.807) is 4.72 Å². The van der Waals surface area contributed by atoms with Gasteiger partial charge in [0.05, 0.1) is 11.1 Å². The smallest absolute Gasteiger partial charge is 0.346 e. The summed E-state index contributed by atoms with van der Waals surface area (Å²) in [6.45, 7) is 0. The summed E-state index contributed by atoms with van der Waals surface area (Å²) in [4.78, 5) is 33.6. The minimum Gasteiger partial charge on any atom is -0.386 e. The molecule has 1 atom stereocenters. The van der Waals surface area contributed by atoms with E-state index in [1.165, 1.54) is 12.1 Å². The van der Waals surface area contributed by atoms with Gasteiger partial charge in [0.25, 0.3) is 17.2 Å². The van der Waals surface area contributed by atoms with E-state index >= 15 is 0 Å². The Kier molecular flexibility index (Phi) is 2.74. The number of fused-ring (bicyclic) bond motifs is 1. The molecule has 1 heterocycles. The zero-order valence-corrected chi connectivity index (χ0v) is 8.95. The fourth-order valence-corrected chi connectivity index (χ4v) is 1.64. The summed E-state index contributed by atoms with van der Waals surface area (Å²) in [6, 6.07) is 3.63. The van der Waals surface area contributed by atoms with Crippen molar-refractivity contribution in [3.8, 4) is 0 Å². The van der Waals surface area contributed by atoms with Gasteiger partial charge in [-0.3, -0.25) is 9.35 Å². The number of hydrogen-bond donors (Lipinski definition) is 2. The zero-order chi connectivity index (χ0) is 12.6. The summed E-state index contributed by atoms with van der Waals surface area (Å²) in [5, 5.41) is 0. The van der Waals surface area contributed by atoms with Gasteiger partial charge in [0.15, 0.2) is 0 Å². The lowest BCUT2D eigenvalue weighted by atomic mass is 10.1. The van der Waals surface area contributed by atoms with Crippen LogP contribution in [0.3, 0.4) is 0 Å². The maximum Gasteiger partial charge on any atom is 0.346 e. The molecule has 1 amide bonds. The monoisotopic (exact) mass is 255 g/mol. The first-order valence-corrected chi connectivity index (χ1v) is 5.42. The van der Waals surface area contributed by atoms with Gasteiger partial charge in [0.1, 0.15) is 0 Å². The summed E-state index contributed by atoms with van der Waals surface area (Å²) in [7, 11) is 0. The van der Waals surface area contributed by atoms with Crippen LogP contribution < -0.4 is 4.72 Å². The highest BCUT2D eigenvalue weighted by atomic mass is 32.2. The zero-order valence-electron chi connectivity index (χ0n) is 8.13. The molecular formula is C9H5NO6S. The lowest BCUT2D eigenvalue weighted by molar-refractivity contribution is 0.0443. The third kappa shape index (κ3) is 2.08. The number of nitrogens with one attached hydrogen (secondary N) is 1. The summed E-state index contributed by atoms with van der Waals surface area (Å²) in [5.41, 5.74) is 0.0147. The van der Waals surface area contributed by atoms with Crippen LogP contribution in [-0.4, -0.2) is 26.6 Å². The van der Waals surface area contributed by atoms with Crippen molar-refractivity contribution in [2.45, 2.75) is 0 Å². The van der Waals surface area contributed by atoms with Crippen LogP contribution >= 0.6 is 0 Å². The van der Waals surface area contributed by atoms with Gasteiger partial charge in [-0.15, -0.1) is 0 Å². The van der Waals surface area contributed by atoms with E-state index in [-0.39, 0.29) is 16.7 Å². The van der Waals surface area contributed by atoms with E-state index < -0.39 is 29.1 Å². The maximum absolute atomic E-state index is 11.3. The normalized spacial score (nSPS) is 15.1. The second-order valence-electron chi connectivity index (χ2n) is 3.12. The van der Waals surface area contributed by atoms with Crippen molar-refractivity contribution in [3.05, 3.63) is 34.9 Å². The fraction of sp³-hybridized carbons (Fsp3) is 0. The molecule has 0 aromatic heterocycles. The topological polar surface area (TPSA) is 110 Å². The van der Waals surface area contributed by atoms with Gasteiger partial charge >= 0.3 is 11.9 Å². The van der Waals surface area contributed by atoms with Gasteiger partial charge in [0.2, 0.25) is 0 Å². The van der Waals surface area contributed by atoms with Crippen molar-refractivity contribution in [2.24, 2.45) is 0 Å². The molecule has 2 N–H and O–H groups in total. The molecule has 1 aliphatic rings. The van der Waals surface area contributed by atoms with Crippen molar-refractivity contribution < 1.29 is 27.9 Å². The number of amides is 1. The van der Waals surface area contributed by atoms with Crippen LogP contribution in [0.15, 0.2) is 18.2 Å². The Balaban J connectivity index is 2.38. The lowest BCUT2D eigenvalue weighted by Crippen LogP contribution is -2.25. The molecule has 0 bridgehead atoms. The van der Waals surface area contributed by atoms with Gasteiger partial charge in [-0.2, -0.15) is 0 Å². The third-order valence-electron chi connectivity index (χ3n) is 2.09. The van der Waals surface area contributed by atoms with Crippen LogP contribution in [0.5, 0.6) is 0 Å².